The lowest BCUT2D eigenvalue weighted by Crippen LogP contribution is -2.09. The molecule has 0 spiro atoms. The fourth-order valence-electron chi connectivity index (χ4n) is 1.72. The highest BCUT2D eigenvalue weighted by Gasteiger charge is 2.15. The van der Waals surface area contributed by atoms with Gasteiger partial charge in [0.05, 0.1) is 36.2 Å². The quantitative estimate of drug-likeness (QED) is 0.845. The van der Waals surface area contributed by atoms with Crippen molar-refractivity contribution in [1.82, 2.24) is 4.98 Å². The molecule has 2 rings (SSSR count). The second-order valence-electron chi connectivity index (χ2n) is 4.08. The van der Waals surface area contributed by atoms with Gasteiger partial charge >= 0.3 is 5.97 Å². The predicted octanol–water partition coefficient (Wildman–Crippen LogP) is 2.86. The van der Waals surface area contributed by atoms with Crippen molar-refractivity contribution in [1.29, 1.82) is 0 Å². The molecule has 1 aromatic carbocycles. The Labute approximate surface area is 126 Å². The summed E-state index contributed by atoms with van der Waals surface area (Å²) in [6.07, 6.45) is 1.46. The molecule has 1 aromatic heterocycles. The third kappa shape index (κ3) is 3.17. The first-order valence-electron chi connectivity index (χ1n) is 6.00. The van der Waals surface area contributed by atoms with E-state index in [4.69, 9.17) is 22.1 Å². The molecular formula is C14H14ClN3O3. The van der Waals surface area contributed by atoms with Crippen molar-refractivity contribution < 1.29 is 14.3 Å². The van der Waals surface area contributed by atoms with Crippen LogP contribution in [0.2, 0.25) is 5.02 Å². The van der Waals surface area contributed by atoms with Gasteiger partial charge in [-0.25, -0.2) is 9.78 Å². The number of carbonyl (C=O) groups is 1. The maximum absolute atomic E-state index is 11.6. The van der Waals surface area contributed by atoms with Crippen molar-refractivity contribution >= 4 is 34.8 Å². The van der Waals surface area contributed by atoms with Crippen LogP contribution in [0.3, 0.4) is 0 Å². The van der Waals surface area contributed by atoms with E-state index in [-0.39, 0.29) is 11.3 Å². The Bertz CT molecular complexity index is 677. The van der Waals surface area contributed by atoms with E-state index in [1.165, 1.54) is 19.4 Å². The summed E-state index contributed by atoms with van der Waals surface area (Å²) in [5, 5.41) is 3.45. The van der Waals surface area contributed by atoms with Crippen molar-refractivity contribution in [2.24, 2.45) is 0 Å². The lowest BCUT2D eigenvalue weighted by atomic mass is 10.2. The Morgan fingerprint density at radius 2 is 2.10 bits per heavy atom. The van der Waals surface area contributed by atoms with Gasteiger partial charge in [0.1, 0.15) is 5.75 Å². The van der Waals surface area contributed by atoms with Gasteiger partial charge < -0.3 is 20.5 Å². The lowest BCUT2D eigenvalue weighted by Gasteiger charge is -2.12. The number of nitrogens with one attached hydrogen (secondary N) is 1. The fraction of sp³-hybridized carbons (Fsp3) is 0.143. The molecule has 2 aromatic rings. The fourth-order valence-corrected chi connectivity index (χ4v) is 1.88. The van der Waals surface area contributed by atoms with Crippen LogP contribution in [-0.2, 0) is 4.74 Å². The highest BCUT2D eigenvalue weighted by Crippen LogP contribution is 2.31. The Balaban J connectivity index is 2.38. The molecule has 0 saturated heterocycles. The maximum Gasteiger partial charge on any atom is 0.340 e. The Kier molecular flexibility index (Phi) is 4.49. The van der Waals surface area contributed by atoms with Crippen LogP contribution >= 0.6 is 11.6 Å². The molecule has 6 nitrogen and oxygen atoms in total. The zero-order chi connectivity index (χ0) is 15.4. The standard InChI is InChI=1S/C14H14ClN3O3/c1-20-8-3-4-10(15)11(7-8)18-13-12(16)9(5-6-17-13)14(19)21-2/h3-7H,16H2,1-2H3,(H,17,18). The van der Waals surface area contributed by atoms with Crippen LogP contribution in [0.4, 0.5) is 17.2 Å². The van der Waals surface area contributed by atoms with Gasteiger partial charge in [-0.3, -0.25) is 0 Å². The average Bonchev–Trinajstić information content (AvgIpc) is 2.50. The first-order valence-corrected chi connectivity index (χ1v) is 6.38. The number of methoxy groups -OCH3 is 2. The SMILES string of the molecule is COC(=O)c1ccnc(Nc2cc(OC)ccc2Cl)c1N. The van der Waals surface area contributed by atoms with Gasteiger partial charge in [-0.05, 0) is 18.2 Å². The number of rotatable bonds is 4. The number of aromatic nitrogens is 1. The summed E-state index contributed by atoms with van der Waals surface area (Å²) in [5.74, 6) is 0.410. The van der Waals surface area contributed by atoms with E-state index in [0.29, 0.717) is 22.3 Å². The number of nitrogens with zero attached hydrogens (tertiary/aromatic N) is 1. The van der Waals surface area contributed by atoms with Crippen molar-refractivity contribution in [2.75, 3.05) is 25.3 Å². The summed E-state index contributed by atoms with van der Waals surface area (Å²) in [6, 6.07) is 6.60. The number of hydrogen-bond donors (Lipinski definition) is 2. The Hall–Kier alpha value is -2.47. The molecule has 7 heteroatoms. The molecule has 0 aliphatic carbocycles. The third-order valence-electron chi connectivity index (χ3n) is 2.82. The van der Waals surface area contributed by atoms with Crippen LogP contribution in [0.25, 0.3) is 0 Å². The summed E-state index contributed by atoms with van der Waals surface area (Å²) in [5.41, 5.74) is 6.91. The van der Waals surface area contributed by atoms with Crippen LogP contribution in [0.1, 0.15) is 10.4 Å². The summed E-state index contributed by atoms with van der Waals surface area (Å²) in [4.78, 5) is 15.7. The predicted molar refractivity (Wildman–Crippen MR) is 81.3 cm³/mol. The third-order valence-corrected chi connectivity index (χ3v) is 3.15. The van der Waals surface area contributed by atoms with Gasteiger partial charge in [-0.1, -0.05) is 11.6 Å². The molecule has 110 valence electrons. The highest BCUT2D eigenvalue weighted by molar-refractivity contribution is 6.33. The number of ether oxygens (including phenoxy) is 2. The van der Waals surface area contributed by atoms with Gasteiger partial charge in [0, 0.05) is 12.3 Å². The van der Waals surface area contributed by atoms with E-state index in [9.17, 15) is 4.79 Å². The molecule has 1 heterocycles. The lowest BCUT2D eigenvalue weighted by molar-refractivity contribution is 0.0602. The zero-order valence-corrected chi connectivity index (χ0v) is 12.3. The molecule has 3 N–H and O–H groups in total. The number of hydrogen-bond acceptors (Lipinski definition) is 6. The van der Waals surface area contributed by atoms with Crippen LogP contribution in [-0.4, -0.2) is 25.2 Å². The van der Waals surface area contributed by atoms with E-state index in [0.717, 1.165) is 0 Å². The van der Waals surface area contributed by atoms with Gasteiger partial charge in [0.25, 0.3) is 0 Å². The molecule has 0 fully saturated rings. The Morgan fingerprint density at radius 3 is 2.76 bits per heavy atom. The number of anilines is 3. The molecule has 0 unspecified atom stereocenters. The maximum atomic E-state index is 11.6. The second-order valence-corrected chi connectivity index (χ2v) is 4.49. The average molecular weight is 308 g/mol. The Morgan fingerprint density at radius 1 is 1.33 bits per heavy atom. The largest absolute Gasteiger partial charge is 0.497 e. The molecule has 0 saturated carbocycles. The second kappa shape index (κ2) is 6.32. The van der Waals surface area contributed by atoms with E-state index < -0.39 is 5.97 Å². The molecule has 0 bridgehead atoms. The monoisotopic (exact) mass is 307 g/mol. The molecule has 0 amide bonds. The minimum atomic E-state index is -0.533. The van der Waals surface area contributed by atoms with Gasteiger partial charge in [0.15, 0.2) is 5.82 Å². The number of nitrogens with two attached hydrogens (primary N) is 1. The number of nitrogen functional groups attached to an aromatic ring is 1. The van der Waals surface area contributed by atoms with Crippen LogP contribution in [0.5, 0.6) is 5.75 Å². The van der Waals surface area contributed by atoms with E-state index in [1.807, 2.05) is 0 Å². The smallest absolute Gasteiger partial charge is 0.340 e. The van der Waals surface area contributed by atoms with Crippen molar-refractivity contribution in [3.8, 4) is 5.75 Å². The molecule has 21 heavy (non-hydrogen) atoms. The highest BCUT2D eigenvalue weighted by atomic mass is 35.5. The molecular weight excluding hydrogens is 294 g/mol. The van der Waals surface area contributed by atoms with Crippen LogP contribution in [0.15, 0.2) is 30.5 Å². The summed E-state index contributed by atoms with van der Waals surface area (Å²) >= 11 is 6.11. The van der Waals surface area contributed by atoms with E-state index >= 15 is 0 Å². The van der Waals surface area contributed by atoms with E-state index in [2.05, 4.69) is 15.0 Å². The van der Waals surface area contributed by atoms with Crippen molar-refractivity contribution in [3.63, 3.8) is 0 Å². The zero-order valence-electron chi connectivity index (χ0n) is 11.5. The number of carbonyl (C=O) groups excluding carboxylic acids is 1. The summed E-state index contributed by atoms with van der Waals surface area (Å²) in [7, 11) is 2.84. The molecule has 0 aliphatic heterocycles. The van der Waals surface area contributed by atoms with Crippen LogP contribution < -0.4 is 15.8 Å². The van der Waals surface area contributed by atoms with Crippen molar-refractivity contribution in [2.45, 2.75) is 0 Å². The first kappa shape index (κ1) is 14.9. The van der Waals surface area contributed by atoms with Crippen LogP contribution in [0, 0.1) is 0 Å². The summed E-state index contributed by atoms with van der Waals surface area (Å²) < 4.78 is 9.79. The minimum Gasteiger partial charge on any atom is -0.497 e. The first-order chi connectivity index (χ1) is 10.1. The number of pyridine rings is 1. The number of benzene rings is 1. The minimum absolute atomic E-state index is 0.184. The molecule has 0 radical (unpaired) electrons. The topological polar surface area (TPSA) is 86.5 Å². The van der Waals surface area contributed by atoms with Gasteiger partial charge in [-0.15, -0.1) is 0 Å². The summed E-state index contributed by atoms with van der Waals surface area (Å²) in [6.45, 7) is 0. The van der Waals surface area contributed by atoms with Gasteiger partial charge in [-0.2, -0.15) is 0 Å². The number of esters is 1. The normalized spacial score (nSPS) is 10.0. The molecule has 0 aliphatic rings. The van der Waals surface area contributed by atoms with Crippen molar-refractivity contribution in [3.05, 3.63) is 41.0 Å². The molecule has 0 atom stereocenters. The van der Waals surface area contributed by atoms with E-state index in [1.54, 1.807) is 25.3 Å². The number of halogens is 1. The van der Waals surface area contributed by atoms with Gasteiger partial charge in [0.2, 0.25) is 0 Å².